The summed E-state index contributed by atoms with van der Waals surface area (Å²) in [6, 6.07) is 4.70. The molecule has 76 valence electrons. The average molecular weight is 203 g/mol. The second-order valence-corrected chi connectivity index (χ2v) is 3.13. The van der Waals surface area contributed by atoms with Crippen LogP contribution in [0.2, 0.25) is 0 Å². The van der Waals surface area contributed by atoms with Crippen molar-refractivity contribution < 1.29 is 0 Å². The van der Waals surface area contributed by atoms with Crippen molar-refractivity contribution >= 4 is 0 Å². The van der Waals surface area contributed by atoms with Gasteiger partial charge in [0, 0.05) is 31.1 Å². The van der Waals surface area contributed by atoms with E-state index in [1.165, 1.54) is 18.5 Å². The lowest BCUT2D eigenvalue weighted by Crippen LogP contribution is -2.11. The molecule has 0 aliphatic carbocycles. The third-order valence-corrected chi connectivity index (χ3v) is 1.95. The van der Waals surface area contributed by atoms with Crippen molar-refractivity contribution in [3.8, 4) is 0 Å². The quantitative estimate of drug-likeness (QED) is 0.745. The molecule has 15 heavy (non-hydrogen) atoms. The third kappa shape index (κ3) is 2.40. The van der Waals surface area contributed by atoms with Crippen molar-refractivity contribution in [2.45, 2.75) is 6.54 Å². The molecule has 0 saturated carbocycles. The number of pyridine rings is 1. The van der Waals surface area contributed by atoms with E-state index < -0.39 is 0 Å². The maximum absolute atomic E-state index is 11.0. The number of hydrogen-bond acceptors (Lipinski definition) is 3. The highest BCUT2D eigenvalue weighted by Gasteiger charge is 1.94. The second-order valence-electron chi connectivity index (χ2n) is 3.13. The Balaban J connectivity index is 2.25. The van der Waals surface area contributed by atoms with Gasteiger partial charge in [0.05, 0.1) is 6.33 Å². The van der Waals surface area contributed by atoms with Gasteiger partial charge in [-0.05, 0) is 11.6 Å². The van der Waals surface area contributed by atoms with Gasteiger partial charge < -0.3 is 9.55 Å². The van der Waals surface area contributed by atoms with E-state index in [1.807, 2.05) is 0 Å². The highest BCUT2D eigenvalue weighted by Crippen LogP contribution is 1.96. The topological polar surface area (TPSA) is 67.8 Å². The minimum atomic E-state index is -0.267. The molecule has 0 atom stereocenters. The van der Waals surface area contributed by atoms with E-state index in [4.69, 9.17) is 0 Å². The number of nitrogens with zero attached hydrogens (tertiary/aromatic N) is 2. The van der Waals surface area contributed by atoms with Crippen molar-refractivity contribution in [2.24, 2.45) is 0 Å². The van der Waals surface area contributed by atoms with Crippen molar-refractivity contribution in [3.63, 3.8) is 0 Å². The van der Waals surface area contributed by atoms with Crippen molar-refractivity contribution in [3.05, 3.63) is 63.2 Å². The van der Waals surface area contributed by atoms with Crippen LogP contribution in [0.4, 0.5) is 0 Å². The highest BCUT2D eigenvalue weighted by atomic mass is 16.1. The molecule has 2 aromatic rings. The molecule has 2 rings (SSSR count). The van der Waals surface area contributed by atoms with E-state index in [1.54, 1.807) is 23.0 Å². The molecule has 0 amide bonds. The first-order valence-corrected chi connectivity index (χ1v) is 4.44. The summed E-state index contributed by atoms with van der Waals surface area (Å²) in [7, 11) is 0. The Morgan fingerprint density at radius 1 is 1.33 bits per heavy atom. The zero-order chi connectivity index (χ0) is 10.7. The standard InChI is InChI=1S/C10H9N3O2/c14-9-2-4-13(7-12-9)6-8-1-3-11-10(15)5-8/h1-5,7H,6H2,(H,11,15). The number of aromatic amines is 1. The van der Waals surface area contributed by atoms with Gasteiger partial charge in [-0.25, -0.2) is 0 Å². The molecule has 0 radical (unpaired) electrons. The van der Waals surface area contributed by atoms with E-state index >= 15 is 0 Å². The van der Waals surface area contributed by atoms with Crippen LogP contribution in [0.25, 0.3) is 0 Å². The predicted octanol–water partition coefficient (Wildman–Crippen LogP) is -0.0201. The smallest absolute Gasteiger partial charge is 0.272 e. The van der Waals surface area contributed by atoms with E-state index in [-0.39, 0.29) is 11.1 Å². The van der Waals surface area contributed by atoms with Crippen LogP contribution in [0.15, 0.2) is 46.5 Å². The third-order valence-electron chi connectivity index (χ3n) is 1.95. The SMILES string of the molecule is O=c1ccn(Cc2cc[nH]c(=O)c2)cn1. The average Bonchev–Trinajstić information content (AvgIpc) is 2.22. The van der Waals surface area contributed by atoms with Crippen molar-refractivity contribution in [1.82, 2.24) is 14.5 Å². The summed E-state index contributed by atoms with van der Waals surface area (Å²) in [6.07, 6.45) is 4.67. The summed E-state index contributed by atoms with van der Waals surface area (Å²) in [4.78, 5) is 27.9. The minimum Gasteiger partial charge on any atom is -0.334 e. The van der Waals surface area contributed by atoms with Gasteiger partial charge in [-0.1, -0.05) is 0 Å². The van der Waals surface area contributed by atoms with Gasteiger partial charge in [0.2, 0.25) is 5.56 Å². The first-order valence-electron chi connectivity index (χ1n) is 4.44. The van der Waals surface area contributed by atoms with Crippen LogP contribution in [0.1, 0.15) is 5.56 Å². The van der Waals surface area contributed by atoms with Gasteiger partial charge in [0.1, 0.15) is 0 Å². The van der Waals surface area contributed by atoms with Gasteiger partial charge in [-0.2, -0.15) is 4.98 Å². The number of aromatic nitrogens is 3. The lowest BCUT2D eigenvalue weighted by molar-refractivity contribution is 0.758. The summed E-state index contributed by atoms with van der Waals surface area (Å²) >= 11 is 0. The zero-order valence-electron chi connectivity index (χ0n) is 7.88. The zero-order valence-corrected chi connectivity index (χ0v) is 7.88. The maximum Gasteiger partial charge on any atom is 0.272 e. The summed E-state index contributed by atoms with van der Waals surface area (Å²) < 4.78 is 1.73. The Morgan fingerprint density at radius 3 is 2.87 bits per heavy atom. The van der Waals surface area contributed by atoms with Crippen molar-refractivity contribution in [1.29, 1.82) is 0 Å². The number of nitrogens with one attached hydrogen (secondary N) is 1. The minimum absolute atomic E-state index is 0.137. The summed E-state index contributed by atoms with van der Waals surface area (Å²) in [5, 5.41) is 0. The number of H-pyrrole nitrogens is 1. The lowest BCUT2D eigenvalue weighted by atomic mass is 10.3. The molecule has 0 saturated heterocycles. The Kier molecular flexibility index (Phi) is 2.45. The van der Waals surface area contributed by atoms with Gasteiger partial charge >= 0.3 is 0 Å². The molecule has 2 heterocycles. The first kappa shape index (κ1) is 9.39. The van der Waals surface area contributed by atoms with Crippen LogP contribution < -0.4 is 11.1 Å². The molecule has 5 nitrogen and oxygen atoms in total. The molecule has 0 spiro atoms. The van der Waals surface area contributed by atoms with Gasteiger partial charge in [-0.3, -0.25) is 9.59 Å². The number of rotatable bonds is 2. The first-order chi connectivity index (χ1) is 7.24. The molecule has 0 unspecified atom stereocenters. The van der Waals surface area contributed by atoms with E-state index in [0.717, 1.165) is 5.56 Å². The van der Waals surface area contributed by atoms with Crippen LogP contribution in [-0.2, 0) is 6.54 Å². The molecular weight excluding hydrogens is 194 g/mol. The Bertz CT molecular complexity index is 551. The van der Waals surface area contributed by atoms with Gasteiger partial charge in [-0.15, -0.1) is 0 Å². The van der Waals surface area contributed by atoms with Gasteiger partial charge in [0.25, 0.3) is 5.56 Å². The van der Waals surface area contributed by atoms with Crippen LogP contribution >= 0.6 is 0 Å². The monoisotopic (exact) mass is 203 g/mol. The lowest BCUT2D eigenvalue weighted by Gasteiger charge is -2.03. The Morgan fingerprint density at radius 2 is 2.20 bits per heavy atom. The maximum atomic E-state index is 11.0. The number of hydrogen-bond donors (Lipinski definition) is 1. The Hall–Kier alpha value is -2.17. The normalized spacial score (nSPS) is 10.1. The highest BCUT2D eigenvalue weighted by molar-refractivity contribution is 5.10. The summed E-state index contributed by atoms with van der Waals surface area (Å²) in [5.41, 5.74) is 0.461. The van der Waals surface area contributed by atoms with Crippen LogP contribution in [-0.4, -0.2) is 14.5 Å². The molecule has 2 aromatic heterocycles. The summed E-state index contributed by atoms with van der Waals surface area (Å²) in [5.74, 6) is 0. The largest absolute Gasteiger partial charge is 0.334 e. The molecule has 0 bridgehead atoms. The second kappa shape index (κ2) is 3.91. The fourth-order valence-electron chi connectivity index (χ4n) is 1.26. The van der Waals surface area contributed by atoms with E-state index in [2.05, 4.69) is 9.97 Å². The molecule has 5 heteroatoms. The molecule has 0 aliphatic heterocycles. The van der Waals surface area contributed by atoms with E-state index in [0.29, 0.717) is 6.54 Å². The van der Waals surface area contributed by atoms with Crippen molar-refractivity contribution in [2.75, 3.05) is 0 Å². The van der Waals surface area contributed by atoms with Crippen LogP contribution in [0.5, 0.6) is 0 Å². The molecule has 1 N–H and O–H groups in total. The van der Waals surface area contributed by atoms with Gasteiger partial charge in [0.15, 0.2) is 0 Å². The molecule has 0 fully saturated rings. The predicted molar refractivity (Wildman–Crippen MR) is 54.7 cm³/mol. The fraction of sp³-hybridized carbons (Fsp3) is 0.100. The molecule has 0 aromatic carbocycles. The fourth-order valence-corrected chi connectivity index (χ4v) is 1.26. The molecular formula is C10H9N3O2. The van der Waals surface area contributed by atoms with Crippen LogP contribution in [0.3, 0.4) is 0 Å². The summed E-state index contributed by atoms with van der Waals surface area (Å²) in [6.45, 7) is 0.525. The Labute approximate surface area is 85.0 Å². The van der Waals surface area contributed by atoms with E-state index in [9.17, 15) is 9.59 Å². The molecule has 0 aliphatic rings. The van der Waals surface area contributed by atoms with Crippen LogP contribution in [0, 0.1) is 0 Å².